The first-order chi connectivity index (χ1) is 12.0. The van der Waals surface area contributed by atoms with Gasteiger partial charge in [-0.3, -0.25) is 10.1 Å². The van der Waals surface area contributed by atoms with Crippen LogP contribution in [0.4, 0.5) is 8.78 Å². The van der Waals surface area contributed by atoms with Gasteiger partial charge in [-0.15, -0.1) is 6.42 Å². The van der Waals surface area contributed by atoms with E-state index in [1.165, 1.54) is 6.07 Å². The van der Waals surface area contributed by atoms with Crippen molar-refractivity contribution in [2.75, 3.05) is 6.54 Å². The molecule has 0 bridgehead atoms. The highest BCUT2D eigenvalue weighted by Gasteiger charge is 2.36. The molecular formula is C19H21F2N3O. The Morgan fingerprint density at radius 3 is 2.92 bits per heavy atom. The standard InChI is InChI=1S/C19H21F2N3O/c1-4-6-7-22-16-10-14-13-8-12(20)9-15(21)19(13)23-18(14)11(3)24(16)17(25)5-2/h2,8-9,11,16,22-23H,4,6-7,10H2,1,3H3/t11-,16+/m0/s1. The molecule has 0 aliphatic carbocycles. The third-order valence-corrected chi connectivity index (χ3v) is 4.80. The largest absolute Gasteiger partial charge is 0.354 e. The van der Waals surface area contributed by atoms with E-state index in [1.807, 2.05) is 6.92 Å². The molecule has 1 aliphatic heterocycles. The van der Waals surface area contributed by atoms with Gasteiger partial charge < -0.3 is 9.88 Å². The molecule has 4 nitrogen and oxygen atoms in total. The van der Waals surface area contributed by atoms with Crippen LogP contribution in [0.3, 0.4) is 0 Å². The molecule has 1 amide bonds. The number of benzene rings is 1. The maximum atomic E-state index is 14.1. The topological polar surface area (TPSA) is 48.1 Å². The van der Waals surface area contributed by atoms with Gasteiger partial charge in [0.25, 0.3) is 5.91 Å². The smallest absolute Gasteiger partial charge is 0.300 e. The van der Waals surface area contributed by atoms with E-state index in [2.05, 4.69) is 23.1 Å². The van der Waals surface area contributed by atoms with Gasteiger partial charge in [-0.05, 0) is 37.4 Å². The van der Waals surface area contributed by atoms with Crippen molar-refractivity contribution in [3.05, 3.63) is 35.0 Å². The van der Waals surface area contributed by atoms with E-state index in [1.54, 1.807) is 4.90 Å². The van der Waals surface area contributed by atoms with Crippen LogP contribution in [-0.2, 0) is 11.2 Å². The number of carbonyl (C=O) groups is 1. The van der Waals surface area contributed by atoms with Crippen molar-refractivity contribution < 1.29 is 13.6 Å². The number of carbonyl (C=O) groups excluding carboxylic acids is 1. The average molecular weight is 345 g/mol. The van der Waals surface area contributed by atoms with Crippen molar-refractivity contribution in [2.45, 2.75) is 45.3 Å². The van der Waals surface area contributed by atoms with Gasteiger partial charge in [0.2, 0.25) is 0 Å². The van der Waals surface area contributed by atoms with E-state index in [4.69, 9.17) is 6.42 Å². The molecule has 0 saturated carbocycles. The lowest BCUT2D eigenvalue weighted by molar-refractivity contribution is -0.131. The molecule has 0 radical (unpaired) electrons. The average Bonchev–Trinajstić information content (AvgIpc) is 2.94. The van der Waals surface area contributed by atoms with E-state index in [9.17, 15) is 13.6 Å². The van der Waals surface area contributed by atoms with Crippen LogP contribution >= 0.6 is 0 Å². The van der Waals surface area contributed by atoms with Crippen molar-refractivity contribution in [3.63, 3.8) is 0 Å². The Kier molecular flexibility index (Phi) is 4.78. The normalized spacial score (nSPS) is 19.7. The SMILES string of the molecule is C#CC(=O)N1[C@@H](NCCCC)Cc2c([nH]c3c(F)cc(F)cc23)[C@@H]1C. The molecule has 1 aromatic carbocycles. The number of aromatic nitrogens is 1. The third kappa shape index (κ3) is 3.00. The third-order valence-electron chi connectivity index (χ3n) is 4.80. The van der Waals surface area contributed by atoms with Gasteiger partial charge in [0, 0.05) is 23.6 Å². The first kappa shape index (κ1) is 17.4. The Morgan fingerprint density at radius 2 is 2.24 bits per heavy atom. The second-order valence-electron chi connectivity index (χ2n) is 6.39. The quantitative estimate of drug-likeness (QED) is 0.660. The number of unbranched alkanes of at least 4 members (excludes halogenated alkanes) is 1. The molecule has 2 N–H and O–H groups in total. The summed E-state index contributed by atoms with van der Waals surface area (Å²) in [7, 11) is 0. The van der Waals surface area contributed by atoms with Crippen LogP contribution in [0, 0.1) is 24.0 Å². The van der Waals surface area contributed by atoms with Gasteiger partial charge in [0.15, 0.2) is 0 Å². The second-order valence-corrected chi connectivity index (χ2v) is 6.39. The van der Waals surface area contributed by atoms with E-state index >= 15 is 0 Å². The fraction of sp³-hybridized carbons (Fsp3) is 0.421. The van der Waals surface area contributed by atoms with Crippen LogP contribution in [0.2, 0.25) is 0 Å². The number of rotatable bonds is 4. The zero-order valence-corrected chi connectivity index (χ0v) is 14.3. The van der Waals surface area contributed by atoms with Gasteiger partial charge in [-0.2, -0.15) is 0 Å². The Balaban J connectivity index is 2.07. The fourth-order valence-electron chi connectivity index (χ4n) is 3.58. The molecule has 0 unspecified atom stereocenters. The molecule has 6 heteroatoms. The van der Waals surface area contributed by atoms with Gasteiger partial charge in [-0.25, -0.2) is 8.78 Å². The van der Waals surface area contributed by atoms with E-state index in [-0.39, 0.29) is 17.7 Å². The molecule has 0 saturated heterocycles. The van der Waals surface area contributed by atoms with Crippen LogP contribution in [-0.4, -0.2) is 28.5 Å². The number of nitrogens with one attached hydrogen (secondary N) is 2. The fourth-order valence-corrected chi connectivity index (χ4v) is 3.58. The zero-order chi connectivity index (χ0) is 18.1. The molecule has 132 valence electrons. The highest BCUT2D eigenvalue weighted by atomic mass is 19.1. The molecule has 3 rings (SSSR count). The summed E-state index contributed by atoms with van der Waals surface area (Å²) in [4.78, 5) is 16.9. The molecule has 0 spiro atoms. The monoisotopic (exact) mass is 345 g/mol. The minimum atomic E-state index is -0.637. The number of hydrogen-bond donors (Lipinski definition) is 2. The zero-order valence-electron chi connectivity index (χ0n) is 14.3. The molecule has 1 aromatic heterocycles. The van der Waals surface area contributed by atoms with Crippen molar-refractivity contribution in [1.82, 2.24) is 15.2 Å². The Hall–Kier alpha value is -2.39. The van der Waals surface area contributed by atoms with Crippen LogP contribution in [0.1, 0.15) is 44.0 Å². The van der Waals surface area contributed by atoms with Crippen LogP contribution < -0.4 is 5.32 Å². The highest BCUT2D eigenvalue weighted by molar-refractivity contribution is 5.94. The minimum absolute atomic E-state index is 0.264. The first-order valence-corrected chi connectivity index (χ1v) is 8.49. The number of terminal acetylenes is 1. The lowest BCUT2D eigenvalue weighted by Crippen LogP contribution is -2.53. The van der Waals surface area contributed by atoms with E-state index in [0.29, 0.717) is 17.5 Å². The molecule has 2 aromatic rings. The second kappa shape index (κ2) is 6.85. The van der Waals surface area contributed by atoms with Crippen molar-refractivity contribution in [2.24, 2.45) is 0 Å². The number of fused-ring (bicyclic) bond motifs is 3. The van der Waals surface area contributed by atoms with Crippen LogP contribution in [0.15, 0.2) is 12.1 Å². The first-order valence-electron chi connectivity index (χ1n) is 8.49. The summed E-state index contributed by atoms with van der Waals surface area (Å²) in [5.74, 6) is 0.500. The summed E-state index contributed by atoms with van der Waals surface area (Å²) in [6, 6.07) is 1.83. The lowest BCUT2D eigenvalue weighted by atomic mass is 9.95. The molecule has 2 atom stereocenters. The number of hydrogen-bond acceptors (Lipinski definition) is 2. The van der Waals surface area contributed by atoms with Gasteiger partial charge in [0.1, 0.15) is 11.6 Å². The summed E-state index contributed by atoms with van der Waals surface area (Å²) in [6.07, 6.45) is 7.46. The summed E-state index contributed by atoms with van der Waals surface area (Å²) < 4.78 is 27.8. The summed E-state index contributed by atoms with van der Waals surface area (Å²) in [5, 5.41) is 3.87. The number of aromatic amines is 1. The minimum Gasteiger partial charge on any atom is -0.354 e. The summed E-state index contributed by atoms with van der Waals surface area (Å²) in [5.41, 5.74) is 1.80. The predicted octanol–water partition coefficient (Wildman–Crippen LogP) is 3.24. The van der Waals surface area contributed by atoms with Crippen LogP contribution in [0.25, 0.3) is 10.9 Å². The van der Waals surface area contributed by atoms with Crippen molar-refractivity contribution >= 4 is 16.8 Å². The van der Waals surface area contributed by atoms with E-state index < -0.39 is 17.5 Å². The van der Waals surface area contributed by atoms with Gasteiger partial charge >= 0.3 is 0 Å². The van der Waals surface area contributed by atoms with Crippen molar-refractivity contribution in [1.29, 1.82) is 0 Å². The Bertz CT molecular complexity index is 852. The summed E-state index contributed by atoms with van der Waals surface area (Å²) >= 11 is 0. The predicted molar refractivity (Wildman–Crippen MR) is 92.7 cm³/mol. The number of amides is 1. The maximum Gasteiger partial charge on any atom is 0.300 e. The Morgan fingerprint density at radius 1 is 1.48 bits per heavy atom. The van der Waals surface area contributed by atoms with Gasteiger partial charge in [-0.1, -0.05) is 13.3 Å². The molecular weight excluding hydrogens is 324 g/mol. The Labute approximate surface area is 145 Å². The van der Waals surface area contributed by atoms with Crippen LogP contribution in [0.5, 0.6) is 0 Å². The van der Waals surface area contributed by atoms with Crippen molar-refractivity contribution in [3.8, 4) is 12.3 Å². The maximum absolute atomic E-state index is 14.1. The molecule has 1 aliphatic rings. The molecule has 2 heterocycles. The van der Waals surface area contributed by atoms with E-state index in [0.717, 1.165) is 31.0 Å². The molecule has 25 heavy (non-hydrogen) atoms. The molecule has 0 fully saturated rings. The number of H-pyrrole nitrogens is 1. The highest BCUT2D eigenvalue weighted by Crippen LogP contribution is 2.37. The number of nitrogens with zero attached hydrogens (tertiary/aromatic N) is 1. The number of halogens is 2. The summed E-state index contributed by atoms with van der Waals surface area (Å²) in [6.45, 7) is 4.66. The van der Waals surface area contributed by atoms with Gasteiger partial charge in [0.05, 0.1) is 17.7 Å². The lowest BCUT2D eigenvalue weighted by Gasteiger charge is -2.40.